The van der Waals surface area contributed by atoms with Crippen molar-refractivity contribution in [3.63, 3.8) is 0 Å². The van der Waals surface area contributed by atoms with E-state index in [1.54, 1.807) is 19.2 Å². The Kier molecular flexibility index (Phi) is 7.18. The molecule has 0 saturated heterocycles. The number of benzene rings is 1. The molecule has 5 heteroatoms. The van der Waals surface area contributed by atoms with Gasteiger partial charge in [-0.1, -0.05) is 26.0 Å². The molecule has 1 N–H and O–H groups in total. The lowest BCUT2D eigenvalue weighted by atomic mass is 9.98. The number of alkyl halides is 3. The summed E-state index contributed by atoms with van der Waals surface area (Å²) in [7, 11) is 1.67. The van der Waals surface area contributed by atoms with E-state index in [0.29, 0.717) is 6.42 Å². The number of nitrogens with one attached hydrogen (secondary N) is 1. The van der Waals surface area contributed by atoms with E-state index in [4.69, 9.17) is 4.74 Å². The van der Waals surface area contributed by atoms with Crippen molar-refractivity contribution in [3.8, 4) is 0 Å². The Morgan fingerprint density at radius 1 is 1.14 bits per heavy atom. The van der Waals surface area contributed by atoms with Gasteiger partial charge in [-0.3, -0.25) is 0 Å². The molecule has 0 amide bonds. The van der Waals surface area contributed by atoms with Gasteiger partial charge in [-0.15, -0.1) is 0 Å². The highest BCUT2D eigenvalue weighted by atomic mass is 19.4. The van der Waals surface area contributed by atoms with Crippen LogP contribution < -0.4 is 5.32 Å². The first kappa shape index (κ1) is 18.0. The molecule has 0 aromatic heterocycles. The molecule has 21 heavy (non-hydrogen) atoms. The molecule has 0 spiro atoms. The Hall–Kier alpha value is -1.07. The van der Waals surface area contributed by atoms with Gasteiger partial charge < -0.3 is 10.1 Å². The van der Waals surface area contributed by atoms with Crippen molar-refractivity contribution in [2.75, 3.05) is 13.7 Å². The molecule has 2 nitrogen and oxygen atoms in total. The molecule has 2 atom stereocenters. The molecule has 1 aromatic rings. The first-order valence-corrected chi connectivity index (χ1v) is 7.34. The smallest absolute Gasteiger partial charge is 0.380 e. The number of rotatable bonds is 8. The average molecular weight is 303 g/mol. The topological polar surface area (TPSA) is 21.3 Å². The van der Waals surface area contributed by atoms with Crippen LogP contribution in [0, 0.1) is 0 Å². The fourth-order valence-corrected chi connectivity index (χ4v) is 2.36. The summed E-state index contributed by atoms with van der Waals surface area (Å²) in [6.07, 6.45) is -1.71. The normalized spacial score (nSPS) is 15.0. The van der Waals surface area contributed by atoms with Crippen LogP contribution in [0.15, 0.2) is 24.3 Å². The molecule has 0 bridgehead atoms. The summed E-state index contributed by atoms with van der Waals surface area (Å²) in [5, 5.41) is 3.42. The van der Waals surface area contributed by atoms with Crippen molar-refractivity contribution in [1.29, 1.82) is 0 Å². The molecule has 2 unspecified atom stereocenters. The third kappa shape index (κ3) is 5.67. The largest absolute Gasteiger partial charge is 0.416 e. The maximum absolute atomic E-state index is 12.6. The first-order chi connectivity index (χ1) is 9.92. The van der Waals surface area contributed by atoms with Crippen LogP contribution in [0.3, 0.4) is 0 Å². The van der Waals surface area contributed by atoms with Gasteiger partial charge in [-0.25, -0.2) is 0 Å². The van der Waals surface area contributed by atoms with Gasteiger partial charge in [-0.2, -0.15) is 13.2 Å². The number of halogens is 3. The zero-order valence-electron chi connectivity index (χ0n) is 12.8. The van der Waals surface area contributed by atoms with Gasteiger partial charge in [0.1, 0.15) is 0 Å². The molecule has 0 saturated carbocycles. The summed E-state index contributed by atoms with van der Waals surface area (Å²) < 4.78 is 43.1. The Labute approximate surface area is 124 Å². The highest BCUT2D eigenvalue weighted by Gasteiger charge is 2.30. The van der Waals surface area contributed by atoms with Gasteiger partial charge in [0.05, 0.1) is 11.7 Å². The summed E-state index contributed by atoms with van der Waals surface area (Å²) in [6.45, 7) is 4.99. The van der Waals surface area contributed by atoms with Crippen molar-refractivity contribution >= 4 is 0 Å². The van der Waals surface area contributed by atoms with Crippen LogP contribution in [0.2, 0.25) is 0 Å². The minimum atomic E-state index is -4.28. The molecule has 1 rings (SSSR count). The summed E-state index contributed by atoms with van der Waals surface area (Å²) >= 11 is 0. The molecule has 0 aliphatic heterocycles. The van der Waals surface area contributed by atoms with Gasteiger partial charge in [0.25, 0.3) is 0 Å². The van der Waals surface area contributed by atoms with Gasteiger partial charge >= 0.3 is 6.18 Å². The third-order valence-electron chi connectivity index (χ3n) is 3.55. The van der Waals surface area contributed by atoms with E-state index in [2.05, 4.69) is 12.2 Å². The minimum Gasteiger partial charge on any atom is -0.380 e. The zero-order valence-corrected chi connectivity index (χ0v) is 12.8. The number of hydrogen-bond donors (Lipinski definition) is 1. The number of ether oxygens (including phenoxy) is 1. The SMILES string of the molecule is CCCNC(Cc1ccc(C(F)(F)F)cc1)C(CC)OC. The van der Waals surface area contributed by atoms with Gasteiger partial charge in [-0.05, 0) is 43.5 Å². The van der Waals surface area contributed by atoms with E-state index in [0.717, 1.165) is 37.1 Å². The Morgan fingerprint density at radius 3 is 2.19 bits per heavy atom. The van der Waals surface area contributed by atoms with E-state index >= 15 is 0 Å². The Morgan fingerprint density at radius 2 is 1.76 bits per heavy atom. The van der Waals surface area contributed by atoms with E-state index in [1.807, 2.05) is 6.92 Å². The molecule has 0 fully saturated rings. The highest BCUT2D eigenvalue weighted by Crippen LogP contribution is 2.29. The minimum absolute atomic E-state index is 0.0545. The van der Waals surface area contributed by atoms with Crippen LogP contribution in [0.4, 0.5) is 13.2 Å². The lowest BCUT2D eigenvalue weighted by Crippen LogP contribution is -2.42. The van der Waals surface area contributed by atoms with Crippen molar-refractivity contribution in [2.24, 2.45) is 0 Å². The van der Waals surface area contributed by atoms with Crippen molar-refractivity contribution < 1.29 is 17.9 Å². The fourth-order valence-electron chi connectivity index (χ4n) is 2.36. The van der Waals surface area contributed by atoms with Crippen LogP contribution in [-0.2, 0) is 17.3 Å². The summed E-state index contributed by atoms with van der Waals surface area (Å²) in [6, 6.07) is 5.48. The fraction of sp³-hybridized carbons (Fsp3) is 0.625. The van der Waals surface area contributed by atoms with Crippen molar-refractivity contribution in [1.82, 2.24) is 5.32 Å². The highest BCUT2D eigenvalue weighted by molar-refractivity contribution is 5.25. The molecule has 0 heterocycles. The van der Waals surface area contributed by atoms with Crippen LogP contribution >= 0.6 is 0 Å². The summed E-state index contributed by atoms with van der Waals surface area (Å²) in [5.41, 5.74) is 0.273. The Balaban J connectivity index is 2.78. The monoisotopic (exact) mass is 303 g/mol. The van der Waals surface area contributed by atoms with Crippen LogP contribution in [-0.4, -0.2) is 25.8 Å². The van der Waals surface area contributed by atoms with Crippen LogP contribution in [0.1, 0.15) is 37.8 Å². The van der Waals surface area contributed by atoms with Crippen LogP contribution in [0.25, 0.3) is 0 Å². The second-order valence-corrected chi connectivity index (χ2v) is 5.14. The second kappa shape index (κ2) is 8.39. The van der Waals surface area contributed by atoms with E-state index < -0.39 is 11.7 Å². The quantitative estimate of drug-likeness (QED) is 0.782. The standard InChI is InChI=1S/C16H24F3NO/c1-4-10-20-14(15(5-2)21-3)11-12-6-8-13(9-7-12)16(17,18)19/h6-9,14-15,20H,4-5,10-11H2,1-3H3. The second-order valence-electron chi connectivity index (χ2n) is 5.14. The lowest BCUT2D eigenvalue weighted by Gasteiger charge is -2.26. The zero-order chi connectivity index (χ0) is 15.9. The van der Waals surface area contributed by atoms with Crippen LogP contribution in [0.5, 0.6) is 0 Å². The molecular formula is C16H24F3NO. The molecule has 0 radical (unpaired) electrons. The summed E-state index contributed by atoms with van der Waals surface area (Å²) in [5.74, 6) is 0. The van der Waals surface area contributed by atoms with Gasteiger partial charge in [0, 0.05) is 13.2 Å². The molecular weight excluding hydrogens is 279 g/mol. The van der Waals surface area contributed by atoms with Crippen molar-refractivity contribution in [3.05, 3.63) is 35.4 Å². The predicted molar refractivity (Wildman–Crippen MR) is 78.3 cm³/mol. The molecule has 1 aromatic carbocycles. The lowest BCUT2D eigenvalue weighted by molar-refractivity contribution is -0.137. The van der Waals surface area contributed by atoms with E-state index in [-0.39, 0.29) is 12.1 Å². The summed E-state index contributed by atoms with van der Waals surface area (Å²) in [4.78, 5) is 0. The van der Waals surface area contributed by atoms with E-state index in [9.17, 15) is 13.2 Å². The van der Waals surface area contributed by atoms with E-state index in [1.165, 1.54) is 0 Å². The molecule has 120 valence electrons. The number of hydrogen-bond acceptors (Lipinski definition) is 2. The van der Waals surface area contributed by atoms with Gasteiger partial charge in [0.15, 0.2) is 0 Å². The molecule has 0 aliphatic rings. The predicted octanol–water partition coefficient (Wildman–Crippen LogP) is 4.04. The maximum Gasteiger partial charge on any atom is 0.416 e. The van der Waals surface area contributed by atoms with Gasteiger partial charge in [0.2, 0.25) is 0 Å². The molecule has 0 aliphatic carbocycles. The van der Waals surface area contributed by atoms with Crippen molar-refractivity contribution in [2.45, 2.75) is 51.4 Å². The average Bonchev–Trinajstić information content (AvgIpc) is 2.45. The Bertz CT molecular complexity index is 399. The maximum atomic E-state index is 12.6. The first-order valence-electron chi connectivity index (χ1n) is 7.34. The third-order valence-corrected chi connectivity index (χ3v) is 3.55. The number of methoxy groups -OCH3 is 1.